The molecular weight excluding hydrogens is 460 g/mol. The molecule has 5 aromatic rings. The van der Waals surface area contributed by atoms with Crippen LogP contribution in [0.1, 0.15) is 45.2 Å². The molecule has 190 valence electrons. The molecule has 0 unspecified atom stereocenters. The van der Waals surface area contributed by atoms with Gasteiger partial charge in [0.1, 0.15) is 0 Å². The minimum atomic E-state index is 0.336. The van der Waals surface area contributed by atoms with Crippen LogP contribution < -0.4 is 10.6 Å². The van der Waals surface area contributed by atoms with Gasteiger partial charge < -0.3 is 10.6 Å². The van der Waals surface area contributed by atoms with E-state index >= 15 is 0 Å². The normalized spacial score (nSPS) is 11.2. The molecule has 5 rings (SSSR count). The molecule has 0 radical (unpaired) electrons. The van der Waals surface area contributed by atoms with Gasteiger partial charge in [-0.3, -0.25) is 0 Å². The monoisotopic (exact) mass is 496 g/mol. The molecular formula is C36H36N2. The predicted molar refractivity (Wildman–Crippen MR) is 159 cm³/mol. The Morgan fingerprint density at radius 3 is 0.868 bits per heavy atom. The fourth-order valence-electron chi connectivity index (χ4n) is 5.09. The van der Waals surface area contributed by atoms with Gasteiger partial charge in [-0.25, -0.2) is 0 Å². The summed E-state index contributed by atoms with van der Waals surface area (Å²) < 4.78 is 0. The van der Waals surface area contributed by atoms with Gasteiger partial charge in [0.05, 0.1) is 0 Å². The fraction of sp³-hybridized carbons (Fsp3) is 0.167. The van der Waals surface area contributed by atoms with Crippen LogP contribution in [0.2, 0.25) is 0 Å². The highest BCUT2D eigenvalue weighted by Gasteiger charge is 2.14. The zero-order chi connectivity index (χ0) is 25.8. The largest absolute Gasteiger partial charge is 0.312 e. The van der Waals surface area contributed by atoms with Gasteiger partial charge in [0, 0.05) is 38.0 Å². The van der Waals surface area contributed by atoms with E-state index in [1.165, 1.54) is 33.4 Å². The summed E-state index contributed by atoms with van der Waals surface area (Å²) >= 11 is 0. The molecule has 0 heterocycles. The molecule has 0 amide bonds. The van der Waals surface area contributed by atoms with Gasteiger partial charge in [-0.05, 0) is 33.4 Å². The molecule has 0 bridgehead atoms. The minimum absolute atomic E-state index is 0.336. The Morgan fingerprint density at radius 1 is 0.342 bits per heavy atom. The third kappa shape index (κ3) is 7.07. The summed E-state index contributed by atoms with van der Waals surface area (Å²) in [5, 5.41) is 7.39. The van der Waals surface area contributed by atoms with Crippen molar-refractivity contribution in [1.82, 2.24) is 10.6 Å². The van der Waals surface area contributed by atoms with Gasteiger partial charge in [-0.15, -0.1) is 0 Å². The molecule has 0 saturated carbocycles. The Kier molecular flexibility index (Phi) is 9.14. The molecule has 0 aromatic heterocycles. The van der Waals surface area contributed by atoms with Gasteiger partial charge in [-0.2, -0.15) is 0 Å². The van der Waals surface area contributed by atoms with Crippen LogP contribution >= 0.6 is 0 Å². The van der Waals surface area contributed by atoms with Gasteiger partial charge in [-0.1, -0.05) is 146 Å². The van der Waals surface area contributed by atoms with E-state index < -0.39 is 0 Å². The second kappa shape index (κ2) is 13.5. The van der Waals surface area contributed by atoms with E-state index in [9.17, 15) is 0 Å². The summed E-state index contributed by atoms with van der Waals surface area (Å²) in [6.07, 6.45) is 0. The average molecular weight is 497 g/mol. The van der Waals surface area contributed by atoms with Crippen LogP contribution in [0, 0.1) is 0 Å². The summed E-state index contributed by atoms with van der Waals surface area (Å²) in [5.74, 6) is 0.672. The van der Waals surface area contributed by atoms with Gasteiger partial charge in [0.25, 0.3) is 0 Å². The zero-order valence-corrected chi connectivity index (χ0v) is 21.8. The van der Waals surface area contributed by atoms with Crippen LogP contribution in [0.4, 0.5) is 0 Å². The topological polar surface area (TPSA) is 24.1 Å². The first kappa shape index (κ1) is 25.7. The lowest BCUT2D eigenvalue weighted by Crippen LogP contribution is -2.23. The molecule has 0 aliphatic heterocycles. The molecule has 0 atom stereocenters. The molecule has 0 spiro atoms. The number of rotatable bonds is 12. The fourth-order valence-corrected chi connectivity index (χ4v) is 5.09. The van der Waals surface area contributed by atoms with Crippen molar-refractivity contribution in [3.63, 3.8) is 0 Å². The Balaban J connectivity index is 1.15. The van der Waals surface area contributed by atoms with E-state index in [0.29, 0.717) is 11.8 Å². The lowest BCUT2D eigenvalue weighted by atomic mass is 9.91. The lowest BCUT2D eigenvalue weighted by molar-refractivity contribution is 0.631. The van der Waals surface area contributed by atoms with E-state index in [-0.39, 0.29) is 0 Å². The number of hydrogen-bond acceptors (Lipinski definition) is 2. The van der Waals surface area contributed by atoms with Crippen LogP contribution in [0.15, 0.2) is 146 Å². The van der Waals surface area contributed by atoms with Crippen molar-refractivity contribution in [2.45, 2.75) is 24.9 Å². The highest BCUT2D eigenvalue weighted by molar-refractivity contribution is 5.34. The van der Waals surface area contributed by atoms with Crippen molar-refractivity contribution in [2.75, 3.05) is 13.1 Å². The Labute approximate surface area is 227 Å². The summed E-state index contributed by atoms with van der Waals surface area (Å²) in [6.45, 7) is 3.51. The Hall–Kier alpha value is -3.98. The van der Waals surface area contributed by atoms with Crippen LogP contribution in [-0.4, -0.2) is 13.1 Å². The molecule has 5 aromatic carbocycles. The number of hydrogen-bond donors (Lipinski definition) is 2. The Morgan fingerprint density at radius 2 is 0.605 bits per heavy atom. The summed E-state index contributed by atoms with van der Waals surface area (Å²) in [5.41, 5.74) is 7.99. The molecule has 0 aliphatic rings. The molecule has 38 heavy (non-hydrogen) atoms. The summed E-state index contributed by atoms with van der Waals surface area (Å²) in [7, 11) is 0. The maximum Gasteiger partial charge on any atom is 0.0214 e. The molecule has 2 nitrogen and oxygen atoms in total. The molecule has 0 aliphatic carbocycles. The third-order valence-corrected chi connectivity index (χ3v) is 7.19. The van der Waals surface area contributed by atoms with Gasteiger partial charge in [0.2, 0.25) is 0 Å². The molecule has 2 N–H and O–H groups in total. The third-order valence-electron chi connectivity index (χ3n) is 7.19. The van der Waals surface area contributed by atoms with Crippen LogP contribution in [0.25, 0.3) is 0 Å². The van der Waals surface area contributed by atoms with Crippen molar-refractivity contribution in [1.29, 1.82) is 0 Å². The smallest absolute Gasteiger partial charge is 0.0214 e. The predicted octanol–water partition coefficient (Wildman–Crippen LogP) is 7.53. The van der Waals surface area contributed by atoms with E-state index in [2.05, 4.69) is 156 Å². The number of nitrogens with one attached hydrogen (secondary N) is 2. The van der Waals surface area contributed by atoms with Crippen molar-refractivity contribution >= 4 is 0 Å². The minimum Gasteiger partial charge on any atom is -0.312 e. The number of benzene rings is 5. The summed E-state index contributed by atoms with van der Waals surface area (Å²) in [6, 6.07) is 52.1. The highest BCUT2D eigenvalue weighted by atomic mass is 14.9. The second-order valence-corrected chi connectivity index (χ2v) is 9.83. The molecule has 0 fully saturated rings. The van der Waals surface area contributed by atoms with Crippen molar-refractivity contribution < 1.29 is 0 Å². The maximum absolute atomic E-state index is 3.70. The average Bonchev–Trinajstić information content (AvgIpc) is 3.00. The second-order valence-electron chi connectivity index (χ2n) is 9.83. The van der Waals surface area contributed by atoms with Crippen molar-refractivity contribution in [3.05, 3.63) is 179 Å². The standard InChI is InChI=1S/C36H36N2/c1-5-13-31(14-6-1)35(32-15-7-2-8-16-32)27-37-25-29-21-23-30(24-22-29)26-38-28-36(33-17-9-3-10-18-33)34-19-11-4-12-20-34/h1-24,35-38H,25-28H2. The van der Waals surface area contributed by atoms with Gasteiger partial charge in [0.15, 0.2) is 0 Å². The van der Waals surface area contributed by atoms with Crippen LogP contribution in [0.3, 0.4) is 0 Å². The van der Waals surface area contributed by atoms with E-state index in [1.54, 1.807) is 0 Å². The molecule has 0 saturated heterocycles. The first-order valence-corrected chi connectivity index (χ1v) is 13.6. The Bertz CT molecular complexity index is 1150. The summed E-state index contributed by atoms with van der Waals surface area (Å²) in [4.78, 5) is 0. The highest BCUT2D eigenvalue weighted by Crippen LogP contribution is 2.25. The van der Waals surface area contributed by atoms with E-state index in [0.717, 1.165) is 26.2 Å². The maximum atomic E-state index is 3.70. The first-order valence-electron chi connectivity index (χ1n) is 13.6. The first-order chi connectivity index (χ1) is 18.9. The SMILES string of the molecule is c1ccc(C(CNCc2ccc(CNCC(c3ccccc3)c3ccccc3)cc2)c2ccccc2)cc1. The van der Waals surface area contributed by atoms with Crippen molar-refractivity contribution in [2.24, 2.45) is 0 Å². The van der Waals surface area contributed by atoms with Gasteiger partial charge >= 0.3 is 0 Å². The van der Waals surface area contributed by atoms with E-state index in [1.807, 2.05) is 0 Å². The zero-order valence-electron chi connectivity index (χ0n) is 21.8. The lowest BCUT2D eigenvalue weighted by Gasteiger charge is -2.19. The quantitative estimate of drug-likeness (QED) is 0.187. The van der Waals surface area contributed by atoms with Crippen LogP contribution in [0.5, 0.6) is 0 Å². The van der Waals surface area contributed by atoms with Crippen molar-refractivity contribution in [3.8, 4) is 0 Å². The molecule has 2 heteroatoms. The van der Waals surface area contributed by atoms with E-state index in [4.69, 9.17) is 0 Å². The van der Waals surface area contributed by atoms with Crippen LogP contribution in [-0.2, 0) is 13.1 Å².